The molecular formula is C30H22Cl2N2O4S. The summed E-state index contributed by atoms with van der Waals surface area (Å²) in [6.07, 6.45) is 3.27. The number of sulfone groups is 1. The van der Waals surface area contributed by atoms with Gasteiger partial charge >= 0.3 is 0 Å². The van der Waals surface area contributed by atoms with E-state index in [0.29, 0.717) is 11.1 Å². The molecule has 0 saturated heterocycles. The van der Waals surface area contributed by atoms with Crippen molar-refractivity contribution < 1.29 is 18.0 Å². The molecule has 0 aliphatic rings. The molecule has 0 fully saturated rings. The third kappa shape index (κ3) is 5.96. The Morgan fingerprint density at radius 3 is 1.31 bits per heavy atom. The number of carbonyl (C=O) groups excluding carboxylic acids is 2. The lowest BCUT2D eigenvalue weighted by Gasteiger charge is -2.17. The van der Waals surface area contributed by atoms with Crippen molar-refractivity contribution in [3.63, 3.8) is 0 Å². The third-order valence-corrected chi connectivity index (χ3v) is 8.29. The molecule has 9 heteroatoms. The molecule has 0 aliphatic carbocycles. The summed E-state index contributed by atoms with van der Waals surface area (Å²) in [5.74, 6) is -1.12. The summed E-state index contributed by atoms with van der Waals surface area (Å²) in [6, 6.07) is 21.6. The van der Waals surface area contributed by atoms with Crippen LogP contribution in [0.3, 0.4) is 0 Å². The van der Waals surface area contributed by atoms with Crippen LogP contribution in [0.25, 0.3) is 12.2 Å². The molecule has 39 heavy (non-hydrogen) atoms. The number of amides is 2. The normalized spacial score (nSPS) is 10.9. The Balaban J connectivity index is 1.73. The summed E-state index contributed by atoms with van der Waals surface area (Å²) in [6.45, 7) is 7.37. The summed E-state index contributed by atoms with van der Waals surface area (Å²) >= 11 is 12.7. The van der Waals surface area contributed by atoms with E-state index in [-0.39, 0.29) is 31.2 Å². The molecule has 0 saturated carbocycles. The van der Waals surface area contributed by atoms with Crippen LogP contribution in [-0.4, -0.2) is 20.2 Å². The monoisotopic (exact) mass is 576 g/mol. The first-order valence-electron chi connectivity index (χ1n) is 11.6. The van der Waals surface area contributed by atoms with Crippen LogP contribution in [0, 0.1) is 0 Å². The van der Waals surface area contributed by atoms with Crippen molar-refractivity contribution in [2.75, 3.05) is 10.6 Å². The first-order chi connectivity index (χ1) is 18.6. The fraction of sp³-hybridized carbons (Fsp3) is 0. The van der Waals surface area contributed by atoms with Gasteiger partial charge in [0.25, 0.3) is 11.8 Å². The highest BCUT2D eigenvalue weighted by atomic mass is 35.5. The van der Waals surface area contributed by atoms with Crippen LogP contribution >= 0.6 is 23.2 Å². The van der Waals surface area contributed by atoms with Crippen LogP contribution in [0.2, 0.25) is 10.0 Å². The van der Waals surface area contributed by atoms with E-state index in [0.717, 1.165) is 11.1 Å². The Kier molecular flexibility index (Phi) is 8.35. The number of para-hydroxylation sites is 2. The van der Waals surface area contributed by atoms with Crippen LogP contribution < -0.4 is 10.6 Å². The fourth-order valence-corrected chi connectivity index (χ4v) is 5.90. The molecule has 6 nitrogen and oxygen atoms in total. The third-order valence-electron chi connectivity index (χ3n) is 5.82. The maximum Gasteiger partial charge on any atom is 0.255 e. The maximum absolute atomic E-state index is 13.9. The van der Waals surface area contributed by atoms with Gasteiger partial charge in [-0.2, -0.15) is 0 Å². The quantitative estimate of drug-likeness (QED) is 0.225. The minimum atomic E-state index is -4.35. The lowest BCUT2D eigenvalue weighted by Crippen LogP contribution is -2.18. The van der Waals surface area contributed by atoms with Gasteiger partial charge < -0.3 is 10.6 Å². The molecule has 0 unspecified atom stereocenters. The molecule has 0 heterocycles. The van der Waals surface area contributed by atoms with Crippen LogP contribution in [-0.2, 0) is 9.84 Å². The molecule has 2 amide bonds. The van der Waals surface area contributed by atoms with Gasteiger partial charge in [-0.05, 0) is 59.7 Å². The van der Waals surface area contributed by atoms with Gasteiger partial charge in [0.15, 0.2) is 0 Å². The van der Waals surface area contributed by atoms with E-state index in [2.05, 4.69) is 23.8 Å². The zero-order valence-electron chi connectivity index (χ0n) is 20.4. The Bertz CT molecular complexity index is 1580. The van der Waals surface area contributed by atoms with Gasteiger partial charge in [-0.25, -0.2) is 8.42 Å². The van der Waals surface area contributed by atoms with Gasteiger partial charge in [-0.1, -0.05) is 84.9 Å². The van der Waals surface area contributed by atoms with Gasteiger partial charge in [-0.15, -0.1) is 0 Å². The average Bonchev–Trinajstić information content (AvgIpc) is 2.95. The molecule has 196 valence electrons. The second-order valence-electron chi connectivity index (χ2n) is 8.29. The average molecular weight is 577 g/mol. The highest BCUT2D eigenvalue weighted by Crippen LogP contribution is 2.38. The molecule has 4 aromatic carbocycles. The number of anilines is 2. The van der Waals surface area contributed by atoms with Crippen LogP contribution in [0.5, 0.6) is 0 Å². The Morgan fingerprint density at radius 1 is 0.615 bits per heavy atom. The number of nitrogens with one attached hydrogen (secondary N) is 2. The Morgan fingerprint density at radius 2 is 0.974 bits per heavy atom. The largest absolute Gasteiger partial charge is 0.320 e. The van der Waals surface area contributed by atoms with Crippen molar-refractivity contribution >= 4 is 68.4 Å². The second-order valence-corrected chi connectivity index (χ2v) is 11.0. The summed E-state index contributed by atoms with van der Waals surface area (Å²) < 4.78 is 27.9. The molecule has 0 aliphatic heterocycles. The van der Waals surface area contributed by atoms with Crippen molar-refractivity contribution in [2.45, 2.75) is 9.79 Å². The predicted octanol–water partition coefficient (Wildman–Crippen LogP) is 7.62. The number of rotatable bonds is 8. The van der Waals surface area contributed by atoms with Gasteiger partial charge in [0.1, 0.15) is 0 Å². The number of hydrogen-bond donors (Lipinski definition) is 2. The van der Waals surface area contributed by atoms with Crippen LogP contribution in [0.15, 0.2) is 108 Å². The van der Waals surface area contributed by atoms with E-state index in [4.69, 9.17) is 23.2 Å². The lowest BCUT2D eigenvalue weighted by molar-refractivity contribution is 0.101. The molecule has 0 radical (unpaired) electrons. The molecule has 0 bridgehead atoms. The van der Waals surface area contributed by atoms with Gasteiger partial charge in [0.2, 0.25) is 9.84 Å². The summed E-state index contributed by atoms with van der Waals surface area (Å²) in [4.78, 5) is 25.4. The van der Waals surface area contributed by atoms with Gasteiger partial charge in [0.05, 0.1) is 31.2 Å². The molecule has 4 rings (SSSR count). The first kappa shape index (κ1) is 27.9. The molecule has 4 aromatic rings. The van der Waals surface area contributed by atoms with E-state index in [1.807, 2.05) is 0 Å². The first-order valence-corrected chi connectivity index (χ1v) is 13.8. The number of halogens is 2. The molecule has 0 aromatic heterocycles. The standard InChI is InChI=1S/C30H22Cl2N2O4S/c1-3-19-11-15-21(16-12-19)29(35)33-27-23(31)7-5-9-25(27)39(37,38)26-10-6-8-24(32)28(26)34-30(36)22-17-13-20(4-2)14-18-22/h3-18H,1-2H2,(H,33,35)(H,34,36). The predicted molar refractivity (Wildman–Crippen MR) is 157 cm³/mol. The number of hydrogen-bond acceptors (Lipinski definition) is 4. The summed E-state index contributed by atoms with van der Waals surface area (Å²) in [5.41, 5.74) is 2.02. The van der Waals surface area contributed by atoms with Gasteiger partial charge in [0, 0.05) is 11.1 Å². The molecule has 2 N–H and O–H groups in total. The van der Waals surface area contributed by atoms with Crippen molar-refractivity contribution in [1.29, 1.82) is 0 Å². The van der Waals surface area contributed by atoms with Crippen molar-refractivity contribution in [1.82, 2.24) is 0 Å². The van der Waals surface area contributed by atoms with Gasteiger partial charge in [-0.3, -0.25) is 9.59 Å². The molecule has 0 atom stereocenters. The van der Waals surface area contributed by atoms with Crippen LogP contribution in [0.1, 0.15) is 31.8 Å². The highest BCUT2D eigenvalue weighted by molar-refractivity contribution is 7.91. The zero-order valence-corrected chi connectivity index (χ0v) is 22.8. The number of carbonyl (C=O) groups is 2. The molecular weight excluding hydrogens is 555 g/mol. The van der Waals surface area contributed by atoms with E-state index in [1.165, 1.54) is 36.4 Å². The summed E-state index contributed by atoms with van der Waals surface area (Å²) in [7, 11) is -4.35. The topological polar surface area (TPSA) is 92.3 Å². The Hall–Kier alpha value is -4.17. The summed E-state index contributed by atoms with van der Waals surface area (Å²) in [5, 5.41) is 5.26. The maximum atomic E-state index is 13.9. The van der Waals surface area contributed by atoms with E-state index >= 15 is 0 Å². The van der Waals surface area contributed by atoms with E-state index in [1.54, 1.807) is 60.7 Å². The lowest BCUT2D eigenvalue weighted by atomic mass is 10.1. The van der Waals surface area contributed by atoms with Crippen molar-refractivity contribution in [3.8, 4) is 0 Å². The fourth-order valence-electron chi connectivity index (χ4n) is 3.73. The van der Waals surface area contributed by atoms with E-state index < -0.39 is 21.7 Å². The van der Waals surface area contributed by atoms with Crippen molar-refractivity contribution in [3.05, 3.63) is 130 Å². The smallest absolute Gasteiger partial charge is 0.255 e. The zero-order chi connectivity index (χ0) is 28.2. The van der Waals surface area contributed by atoms with Crippen molar-refractivity contribution in [2.24, 2.45) is 0 Å². The second kappa shape index (κ2) is 11.7. The minimum absolute atomic E-state index is 0.0158. The number of benzene rings is 4. The SMILES string of the molecule is C=Cc1ccc(C(=O)Nc2c(Cl)cccc2S(=O)(=O)c2cccc(Cl)c2NC(=O)c2ccc(C=C)cc2)cc1. The highest BCUT2D eigenvalue weighted by Gasteiger charge is 2.28. The van der Waals surface area contributed by atoms with E-state index in [9.17, 15) is 18.0 Å². The molecule has 0 spiro atoms. The Labute approximate surface area is 236 Å². The van der Waals surface area contributed by atoms with Crippen LogP contribution in [0.4, 0.5) is 11.4 Å². The minimum Gasteiger partial charge on any atom is -0.320 e.